The maximum Gasteiger partial charge on any atom is 0.261 e. The van der Waals surface area contributed by atoms with Crippen LogP contribution in [-0.2, 0) is 14.8 Å². The van der Waals surface area contributed by atoms with E-state index < -0.39 is 21.7 Å². The van der Waals surface area contributed by atoms with Gasteiger partial charge < -0.3 is 19.5 Å². The van der Waals surface area contributed by atoms with Gasteiger partial charge in [0.15, 0.2) is 11.6 Å². The summed E-state index contributed by atoms with van der Waals surface area (Å²) < 4.78 is 56.9. The van der Waals surface area contributed by atoms with E-state index in [1.165, 1.54) is 50.6 Å². The Kier molecular flexibility index (Phi) is 7.86. The van der Waals surface area contributed by atoms with Crippen molar-refractivity contribution in [3.8, 4) is 11.5 Å². The van der Waals surface area contributed by atoms with Crippen molar-refractivity contribution < 1.29 is 31.8 Å². The Balaban J connectivity index is 1.65. The molecule has 3 aromatic carbocycles. The summed E-state index contributed by atoms with van der Waals surface area (Å²) in [5.74, 6) is -0.505. The number of rotatable bonds is 10. The van der Waals surface area contributed by atoms with Gasteiger partial charge in [-0.25, -0.2) is 12.8 Å². The number of halogens is 1. The predicted octanol–water partition coefficient (Wildman–Crippen LogP) is 3.91. The maximum atomic E-state index is 14.1. The molecule has 0 spiro atoms. The van der Waals surface area contributed by atoms with Crippen LogP contribution < -0.4 is 19.5 Å². The van der Waals surface area contributed by atoms with Crippen LogP contribution in [0.1, 0.15) is 10.4 Å². The van der Waals surface area contributed by atoms with E-state index in [4.69, 9.17) is 14.2 Å². The number of methoxy groups -OCH3 is 2. The third-order valence-electron chi connectivity index (χ3n) is 4.50. The van der Waals surface area contributed by atoms with Gasteiger partial charge in [-0.2, -0.15) is 0 Å². The second kappa shape index (κ2) is 10.8. The Labute approximate surface area is 191 Å². The highest BCUT2D eigenvalue weighted by molar-refractivity contribution is 7.92. The van der Waals surface area contributed by atoms with Crippen LogP contribution in [0.5, 0.6) is 11.5 Å². The molecule has 174 valence electrons. The monoisotopic (exact) mass is 474 g/mol. The number of benzene rings is 3. The number of ether oxygens (including phenoxy) is 3. The van der Waals surface area contributed by atoms with Crippen LogP contribution in [-0.4, -0.2) is 41.8 Å². The van der Waals surface area contributed by atoms with E-state index in [-0.39, 0.29) is 28.5 Å². The fourth-order valence-electron chi connectivity index (χ4n) is 2.79. The van der Waals surface area contributed by atoms with E-state index in [0.717, 1.165) is 6.07 Å². The average molecular weight is 475 g/mol. The zero-order valence-corrected chi connectivity index (χ0v) is 18.8. The van der Waals surface area contributed by atoms with Crippen LogP contribution in [0.2, 0.25) is 0 Å². The number of carbonyl (C=O) groups is 1. The third kappa shape index (κ3) is 6.43. The van der Waals surface area contributed by atoms with Gasteiger partial charge in [-0.05, 0) is 60.7 Å². The van der Waals surface area contributed by atoms with E-state index in [0.29, 0.717) is 18.0 Å². The second-order valence-corrected chi connectivity index (χ2v) is 8.48. The average Bonchev–Trinajstić information content (AvgIpc) is 2.81. The minimum Gasteiger partial charge on any atom is -0.497 e. The molecule has 0 radical (unpaired) electrons. The lowest BCUT2D eigenvalue weighted by molar-refractivity contribution is 0.102. The lowest BCUT2D eigenvalue weighted by Crippen LogP contribution is -2.15. The molecule has 0 aliphatic carbocycles. The number of hydrogen-bond donors (Lipinski definition) is 2. The van der Waals surface area contributed by atoms with Crippen molar-refractivity contribution in [2.24, 2.45) is 0 Å². The lowest BCUT2D eigenvalue weighted by Gasteiger charge is -2.11. The fraction of sp³-hybridized carbons (Fsp3) is 0.174. The summed E-state index contributed by atoms with van der Waals surface area (Å²) in [7, 11) is -0.822. The molecule has 0 aromatic heterocycles. The number of carbonyl (C=O) groups excluding carboxylic acids is 1. The van der Waals surface area contributed by atoms with E-state index in [2.05, 4.69) is 10.0 Å². The quantitative estimate of drug-likeness (QED) is 0.432. The SMILES string of the molecule is COCCOc1ccc(NC(=O)c2ccc(S(=O)(=O)Nc3ccc(OC)cc3)cc2)cc1F. The van der Waals surface area contributed by atoms with E-state index in [1.54, 1.807) is 24.3 Å². The van der Waals surface area contributed by atoms with Gasteiger partial charge in [-0.15, -0.1) is 0 Å². The molecule has 0 saturated heterocycles. The smallest absolute Gasteiger partial charge is 0.261 e. The molecule has 0 fully saturated rings. The van der Waals surface area contributed by atoms with Crippen LogP contribution >= 0.6 is 0 Å². The highest BCUT2D eigenvalue weighted by atomic mass is 32.2. The minimum atomic E-state index is -3.85. The molecule has 8 nitrogen and oxygen atoms in total. The highest BCUT2D eigenvalue weighted by Crippen LogP contribution is 2.23. The molecule has 0 bridgehead atoms. The van der Waals surface area contributed by atoms with Crippen molar-refractivity contribution >= 4 is 27.3 Å². The lowest BCUT2D eigenvalue weighted by atomic mass is 10.2. The molecular formula is C23H23FN2O6S. The molecule has 33 heavy (non-hydrogen) atoms. The topological polar surface area (TPSA) is 103 Å². The molecule has 3 aromatic rings. The number of hydrogen-bond acceptors (Lipinski definition) is 6. The maximum absolute atomic E-state index is 14.1. The van der Waals surface area contributed by atoms with Crippen molar-refractivity contribution in [3.05, 3.63) is 78.1 Å². The molecule has 0 heterocycles. The Hall–Kier alpha value is -3.63. The van der Waals surface area contributed by atoms with Gasteiger partial charge >= 0.3 is 0 Å². The number of anilines is 2. The zero-order valence-electron chi connectivity index (χ0n) is 18.0. The Morgan fingerprint density at radius 1 is 0.909 bits per heavy atom. The van der Waals surface area contributed by atoms with Crippen LogP contribution in [0, 0.1) is 5.82 Å². The van der Waals surface area contributed by atoms with Crippen LogP contribution in [0.4, 0.5) is 15.8 Å². The molecule has 0 unspecified atom stereocenters. The summed E-state index contributed by atoms with van der Waals surface area (Å²) in [6, 6.07) is 15.8. The van der Waals surface area contributed by atoms with Crippen molar-refractivity contribution in [1.82, 2.24) is 0 Å². The van der Waals surface area contributed by atoms with Crippen molar-refractivity contribution in [3.63, 3.8) is 0 Å². The molecule has 2 N–H and O–H groups in total. The van der Waals surface area contributed by atoms with Crippen LogP contribution in [0.3, 0.4) is 0 Å². The molecule has 0 saturated carbocycles. The largest absolute Gasteiger partial charge is 0.497 e. The summed E-state index contributed by atoms with van der Waals surface area (Å²) in [5, 5.41) is 2.57. The first kappa shape index (κ1) is 24.0. The Bertz CT molecular complexity index is 1200. The Morgan fingerprint density at radius 3 is 2.18 bits per heavy atom. The first-order chi connectivity index (χ1) is 15.8. The van der Waals surface area contributed by atoms with Gasteiger partial charge in [-0.1, -0.05) is 0 Å². The van der Waals surface area contributed by atoms with Crippen molar-refractivity contribution in [2.75, 3.05) is 37.5 Å². The summed E-state index contributed by atoms with van der Waals surface area (Å²) in [6.45, 7) is 0.515. The van der Waals surface area contributed by atoms with Gasteiger partial charge in [0.1, 0.15) is 12.4 Å². The van der Waals surface area contributed by atoms with Gasteiger partial charge in [0.2, 0.25) is 0 Å². The second-order valence-electron chi connectivity index (χ2n) is 6.80. The van der Waals surface area contributed by atoms with Gasteiger partial charge in [0, 0.05) is 30.1 Å². The minimum absolute atomic E-state index is 0.0153. The molecule has 0 aliphatic heterocycles. The Morgan fingerprint density at radius 2 is 1.58 bits per heavy atom. The van der Waals surface area contributed by atoms with Gasteiger partial charge in [-0.3, -0.25) is 9.52 Å². The third-order valence-corrected chi connectivity index (χ3v) is 5.90. The summed E-state index contributed by atoms with van der Waals surface area (Å²) in [5.41, 5.74) is 0.808. The van der Waals surface area contributed by atoms with Gasteiger partial charge in [0.05, 0.1) is 18.6 Å². The zero-order chi connectivity index (χ0) is 23.8. The molecular weight excluding hydrogens is 451 g/mol. The van der Waals surface area contributed by atoms with Gasteiger partial charge in [0.25, 0.3) is 15.9 Å². The van der Waals surface area contributed by atoms with E-state index in [9.17, 15) is 17.6 Å². The highest BCUT2D eigenvalue weighted by Gasteiger charge is 2.16. The van der Waals surface area contributed by atoms with Crippen LogP contribution in [0.25, 0.3) is 0 Å². The summed E-state index contributed by atoms with van der Waals surface area (Å²) >= 11 is 0. The predicted molar refractivity (Wildman–Crippen MR) is 122 cm³/mol. The van der Waals surface area contributed by atoms with Crippen LogP contribution in [0.15, 0.2) is 71.6 Å². The number of sulfonamides is 1. The van der Waals surface area contributed by atoms with E-state index >= 15 is 0 Å². The normalized spacial score (nSPS) is 11.0. The first-order valence-electron chi connectivity index (χ1n) is 9.82. The number of amides is 1. The van der Waals surface area contributed by atoms with Crippen molar-refractivity contribution in [1.29, 1.82) is 0 Å². The molecule has 3 rings (SSSR count). The molecule has 1 amide bonds. The standard InChI is InChI=1S/C23H23FN2O6S/c1-30-13-14-32-22-12-7-18(15-21(22)24)25-23(27)16-3-10-20(11-4-16)33(28,29)26-17-5-8-19(31-2)9-6-17/h3-12,15,26H,13-14H2,1-2H3,(H,25,27). The first-order valence-corrected chi connectivity index (χ1v) is 11.3. The van der Waals surface area contributed by atoms with Crippen molar-refractivity contribution in [2.45, 2.75) is 4.90 Å². The molecule has 10 heteroatoms. The fourth-order valence-corrected chi connectivity index (χ4v) is 3.85. The number of nitrogens with one attached hydrogen (secondary N) is 2. The van der Waals surface area contributed by atoms with E-state index in [1.807, 2.05) is 0 Å². The molecule has 0 aliphatic rings. The summed E-state index contributed by atoms with van der Waals surface area (Å²) in [4.78, 5) is 12.5. The summed E-state index contributed by atoms with van der Waals surface area (Å²) in [6.07, 6.45) is 0. The molecule has 0 atom stereocenters.